The van der Waals surface area contributed by atoms with Gasteiger partial charge in [0.2, 0.25) is 10.0 Å². The van der Waals surface area contributed by atoms with Gasteiger partial charge in [-0.25, -0.2) is 12.7 Å². The van der Waals surface area contributed by atoms with Crippen LogP contribution >= 0.6 is 0 Å². The van der Waals surface area contributed by atoms with Crippen molar-refractivity contribution in [1.82, 2.24) is 9.62 Å². The number of methoxy groups -OCH3 is 1. The molecule has 0 amide bonds. The summed E-state index contributed by atoms with van der Waals surface area (Å²) in [6.07, 6.45) is 0.952. The molecular weight excluding hydrogens is 276 g/mol. The first-order valence-electron chi connectivity index (χ1n) is 6.64. The van der Waals surface area contributed by atoms with E-state index in [1.54, 1.807) is 19.2 Å². The summed E-state index contributed by atoms with van der Waals surface area (Å²) in [5, 5.41) is 3.37. The van der Waals surface area contributed by atoms with E-state index in [2.05, 4.69) is 12.2 Å². The smallest absolute Gasteiger partial charge is 0.242 e. The molecule has 114 valence electrons. The minimum absolute atomic E-state index is 0.183. The van der Waals surface area contributed by atoms with E-state index in [9.17, 15) is 8.42 Å². The fraction of sp³-hybridized carbons (Fsp3) is 0.571. The monoisotopic (exact) mass is 300 g/mol. The van der Waals surface area contributed by atoms with E-state index in [0.717, 1.165) is 25.1 Å². The Kier molecular flexibility index (Phi) is 6.61. The molecule has 1 N–H and O–H groups in total. The lowest BCUT2D eigenvalue weighted by atomic mass is 10.1. The maximum Gasteiger partial charge on any atom is 0.242 e. The van der Waals surface area contributed by atoms with Crippen molar-refractivity contribution in [2.24, 2.45) is 0 Å². The highest BCUT2D eigenvalue weighted by molar-refractivity contribution is 7.89. The topological polar surface area (TPSA) is 58.6 Å². The Labute approximate surface area is 122 Å². The molecule has 1 atom stereocenters. The van der Waals surface area contributed by atoms with Crippen LogP contribution in [0.5, 0.6) is 0 Å². The fourth-order valence-corrected chi connectivity index (χ4v) is 2.69. The Morgan fingerprint density at radius 1 is 1.25 bits per heavy atom. The van der Waals surface area contributed by atoms with Crippen LogP contribution in [0.15, 0.2) is 29.2 Å². The molecule has 0 fully saturated rings. The van der Waals surface area contributed by atoms with Crippen LogP contribution in [0.1, 0.15) is 24.9 Å². The SMILES string of the molecule is COCCCNC(C)c1ccc(S(=O)(=O)N(C)C)cc1. The molecule has 1 aromatic carbocycles. The highest BCUT2D eigenvalue weighted by atomic mass is 32.2. The second-order valence-electron chi connectivity index (χ2n) is 4.88. The number of ether oxygens (including phenoxy) is 1. The summed E-state index contributed by atoms with van der Waals surface area (Å²) in [5.74, 6) is 0. The van der Waals surface area contributed by atoms with Crippen LogP contribution in [0.4, 0.5) is 0 Å². The highest BCUT2D eigenvalue weighted by Gasteiger charge is 2.17. The molecule has 1 unspecified atom stereocenters. The minimum atomic E-state index is -3.35. The van der Waals surface area contributed by atoms with Crippen LogP contribution in [0.2, 0.25) is 0 Å². The van der Waals surface area contributed by atoms with Crippen LogP contribution in [0.3, 0.4) is 0 Å². The predicted octanol–water partition coefficient (Wildman–Crippen LogP) is 1.62. The first-order valence-corrected chi connectivity index (χ1v) is 8.08. The van der Waals surface area contributed by atoms with Gasteiger partial charge in [-0.3, -0.25) is 0 Å². The summed E-state index contributed by atoms with van der Waals surface area (Å²) in [6, 6.07) is 7.19. The van der Waals surface area contributed by atoms with Gasteiger partial charge >= 0.3 is 0 Å². The van der Waals surface area contributed by atoms with Crippen LogP contribution in [-0.4, -0.2) is 47.1 Å². The molecule has 0 radical (unpaired) electrons. The Morgan fingerprint density at radius 2 is 1.85 bits per heavy atom. The van der Waals surface area contributed by atoms with Crippen molar-refractivity contribution < 1.29 is 13.2 Å². The van der Waals surface area contributed by atoms with E-state index in [0.29, 0.717) is 4.90 Å². The van der Waals surface area contributed by atoms with Gasteiger partial charge in [0.15, 0.2) is 0 Å². The maximum atomic E-state index is 12.0. The van der Waals surface area contributed by atoms with Gasteiger partial charge < -0.3 is 10.1 Å². The zero-order valence-electron chi connectivity index (χ0n) is 12.6. The Balaban J connectivity index is 2.67. The molecular formula is C14H24N2O3S. The first-order chi connectivity index (χ1) is 9.39. The van der Waals surface area contributed by atoms with Crippen LogP contribution < -0.4 is 5.32 Å². The van der Waals surface area contributed by atoms with E-state index in [1.807, 2.05) is 12.1 Å². The molecule has 0 bridgehead atoms. The second-order valence-corrected chi connectivity index (χ2v) is 7.03. The molecule has 0 spiro atoms. The van der Waals surface area contributed by atoms with Gasteiger partial charge in [0, 0.05) is 33.9 Å². The molecule has 20 heavy (non-hydrogen) atoms. The zero-order valence-corrected chi connectivity index (χ0v) is 13.4. The van der Waals surface area contributed by atoms with Gasteiger partial charge in [0.25, 0.3) is 0 Å². The summed E-state index contributed by atoms with van der Waals surface area (Å²) in [5.41, 5.74) is 1.07. The fourth-order valence-electron chi connectivity index (χ4n) is 1.79. The minimum Gasteiger partial charge on any atom is -0.385 e. The third-order valence-electron chi connectivity index (χ3n) is 3.13. The third-order valence-corrected chi connectivity index (χ3v) is 4.96. The average molecular weight is 300 g/mol. The van der Waals surface area contributed by atoms with E-state index >= 15 is 0 Å². The van der Waals surface area contributed by atoms with Crippen LogP contribution in [0.25, 0.3) is 0 Å². The number of nitrogens with zero attached hydrogens (tertiary/aromatic N) is 1. The standard InChI is InChI=1S/C14H24N2O3S/c1-12(15-10-5-11-19-4)13-6-8-14(9-7-13)20(17,18)16(2)3/h6-9,12,15H,5,10-11H2,1-4H3. The van der Waals surface area contributed by atoms with Gasteiger partial charge in [-0.2, -0.15) is 0 Å². The summed E-state index contributed by atoms with van der Waals surface area (Å²) in [4.78, 5) is 0.317. The van der Waals surface area contributed by atoms with Crippen molar-refractivity contribution in [2.75, 3.05) is 34.4 Å². The van der Waals surface area contributed by atoms with Crippen molar-refractivity contribution in [2.45, 2.75) is 24.3 Å². The van der Waals surface area contributed by atoms with Crippen molar-refractivity contribution in [3.05, 3.63) is 29.8 Å². The van der Waals surface area contributed by atoms with E-state index < -0.39 is 10.0 Å². The molecule has 0 aliphatic carbocycles. The normalized spacial score (nSPS) is 13.7. The Bertz CT molecular complexity index is 498. The predicted molar refractivity (Wildman–Crippen MR) is 80.2 cm³/mol. The number of benzene rings is 1. The number of hydrogen-bond donors (Lipinski definition) is 1. The summed E-state index contributed by atoms with van der Waals surface area (Å²) >= 11 is 0. The van der Waals surface area contributed by atoms with Gasteiger partial charge in [0.1, 0.15) is 0 Å². The Hall–Kier alpha value is -0.950. The van der Waals surface area contributed by atoms with Gasteiger partial charge in [-0.1, -0.05) is 12.1 Å². The Morgan fingerprint density at radius 3 is 2.35 bits per heavy atom. The van der Waals surface area contributed by atoms with Crippen LogP contribution in [-0.2, 0) is 14.8 Å². The van der Waals surface area contributed by atoms with E-state index in [-0.39, 0.29) is 6.04 Å². The van der Waals surface area contributed by atoms with E-state index in [4.69, 9.17) is 4.74 Å². The quantitative estimate of drug-likeness (QED) is 0.741. The second kappa shape index (κ2) is 7.73. The summed E-state index contributed by atoms with van der Waals surface area (Å²) in [6.45, 7) is 3.66. The maximum absolute atomic E-state index is 12.0. The number of hydrogen-bond acceptors (Lipinski definition) is 4. The summed E-state index contributed by atoms with van der Waals surface area (Å²) < 4.78 is 30.1. The summed E-state index contributed by atoms with van der Waals surface area (Å²) in [7, 11) is 1.40. The lowest BCUT2D eigenvalue weighted by Gasteiger charge is -2.16. The number of nitrogens with one attached hydrogen (secondary N) is 1. The number of sulfonamides is 1. The molecule has 0 aliphatic heterocycles. The zero-order chi connectivity index (χ0) is 15.2. The first kappa shape index (κ1) is 17.1. The molecule has 1 rings (SSSR count). The molecule has 0 aliphatic rings. The average Bonchev–Trinajstić information content (AvgIpc) is 2.43. The largest absolute Gasteiger partial charge is 0.385 e. The third kappa shape index (κ3) is 4.56. The number of rotatable bonds is 8. The van der Waals surface area contributed by atoms with Gasteiger partial charge in [-0.15, -0.1) is 0 Å². The van der Waals surface area contributed by atoms with Crippen molar-refractivity contribution in [3.8, 4) is 0 Å². The van der Waals surface area contributed by atoms with Crippen molar-refractivity contribution >= 4 is 10.0 Å². The van der Waals surface area contributed by atoms with Crippen molar-refractivity contribution in [1.29, 1.82) is 0 Å². The van der Waals surface area contributed by atoms with Gasteiger partial charge in [-0.05, 0) is 37.6 Å². The highest BCUT2D eigenvalue weighted by Crippen LogP contribution is 2.18. The lowest BCUT2D eigenvalue weighted by Crippen LogP contribution is -2.23. The molecule has 0 heterocycles. The van der Waals surface area contributed by atoms with Crippen molar-refractivity contribution in [3.63, 3.8) is 0 Å². The molecule has 0 saturated heterocycles. The lowest BCUT2D eigenvalue weighted by molar-refractivity contribution is 0.193. The molecule has 6 heteroatoms. The molecule has 0 saturated carbocycles. The van der Waals surface area contributed by atoms with E-state index in [1.165, 1.54) is 18.4 Å². The van der Waals surface area contributed by atoms with Gasteiger partial charge in [0.05, 0.1) is 4.90 Å². The molecule has 1 aromatic rings. The molecule has 0 aromatic heterocycles. The molecule has 5 nitrogen and oxygen atoms in total. The van der Waals surface area contributed by atoms with Crippen LogP contribution in [0, 0.1) is 0 Å².